The Hall–Kier alpha value is -4.63. The maximum Gasteiger partial charge on any atom is 0.339 e. The molecule has 0 fully saturated rings. The van der Waals surface area contributed by atoms with Crippen LogP contribution in [0.2, 0.25) is 5.02 Å². The molecule has 4 aromatic rings. The fourth-order valence-electron chi connectivity index (χ4n) is 3.50. The van der Waals surface area contributed by atoms with Crippen LogP contribution in [0, 0.1) is 18.3 Å². The summed E-state index contributed by atoms with van der Waals surface area (Å²) in [5.74, 6) is -0.775. The van der Waals surface area contributed by atoms with Crippen LogP contribution in [-0.4, -0.2) is 22.7 Å². The fraction of sp³-hybridized carbons (Fsp3) is 0.0345. The Morgan fingerprint density at radius 1 is 0.854 bits per heavy atom. The van der Waals surface area contributed by atoms with Gasteiger partial charge in [-0.05, 0) is 91.4 Å². The van der Waals surface area contributed by atoms with E-state index in [1.807, 2.05) is 13.0 Å². The highest BCUT2D eigenvalue weighted by molar-refractivity contribution is 7.92. The van der Waals surface area contributed by atoms with Crippen LogP contribution in [-0.2, 0) is 24.9 Å². The fourth-order valence-corrected chi connectivity index (χ4v) is 5.61. The van der Waals surface area contributed by atoms with Crippen molar-refractivity contribution in [2.24, 2.45) is 0 Å². The lowest BCUT2D eigenvalue weighted by molar-refractivity contribution is -0.112. The first kappa shape index (κ1) is 29.4. The van der Waals surface area contributed by atoms with Gasteiger partial charge in [-0.15, -0.1) is 0 Å². The number of sulfonamides is 1. The van der Waals surface area contributed by atoms with E-state index in [-0.39, 0.29) is 26.8 Å². The second-order valence-electron chi connectivity index (χ2n) is 8.68. The molecule has 0 saturated heterocycles. The summed E-state index contributed by atoms with van der Waals surface area (Å²) in [6.07, 6.45) is 1.27. The predicted molar refractivity (Wildman–Crippen MR) is 156 cm³/mol. The number of nitriles is 1. The van der Waals surface area contributed by atoms with Gasteiger partial charge in [-0.1, -0.05) is 41.4 Å². The first-order valence-corrected chi connectivity index (χ1v) is 15.1. The second-order valence-corrected chi connectivity index (χ2v) is 12.3. The van der Waals surface area contributed by atoms with Crippen molar-refractivity contribution in [3.05, 3.63) is 119 Å². The Balaban J connectivity index is 1.45. The molecule has 0 unspecified atom stereocenters. The van der Waals surface area contributed by atoms with Crippen molar-refractivity contribution < 1.29 is 25.8 Å². The molecule has 0 atom stereocenters. The van der Waals surface area contributed by atoms with Gasteiger partial charge in [-0.3, -0.25) is 9.52 Å². The summed E-state index contributed by atoms with van der Waals surface area (Å²) in [4.78, 5) is 12.6. The molecule has 4 rings (SSSR count). The van der Waals surface area contributed by atoms with Gasteiger partial charge in [0.25, 0.3) is 15.9 Å². The van der Waals surface area contributed by atoms with Crippen molar-refractivity contribution in [3.63, 3.8) is 0 Å². The van der Waals surface area contributed by atoms with Crippen molar-refractivity contribution in [2.75, 3.05) is 10.0 Å². The van der Waals surface area contributed by atoms with Crippen LogP contribution in [0.3, 0.4) is 0 Å². The third-order valence-corrected chi connectivity index (χ3v) is 8.48. The quantitative estimate of drug-likeness (QED) is 0.140. The van der Waals surface area contributed by atoms with Crippen LogP contribution < -0.4 is 14.2 Å². The molecule has 0 aliphatic heterocycles. The third kappa shape index (κ3) is 7.73. The Morgan fingerprint density at radius 3 is 2.10 bits per heavy atom. The van der Waals surface area contributed by atoms with E-state index in [9.17, 15) is 26.9 Å². The summed E-state index contributed by atoms with van der Waals surface area (Å²) >= 11 is 5.81. The van der Waals surface area contributed by atoms with Crippen LogP contribution >= 0.6 is 11.6 Å². The van der Waals surface area contributed by atoms with Gasteiger partial charge < -0.3 is 9.50 Å². The van der Waals surface area contributed by atoms with E-state index in [0.717, 1.165) is 5.56 Å². The molecule has 0 aromatic heterocycles. The number of halogens is 1. The number of hydrogen-bond acceptors (Lipinski definition) is 7. The summed E-state index contributed by atoms with van der Waals surface area (Å²) in [6.45, 7) is 1.89. The second kappa shape index (κ2) is 12.3. The van der Waals surface area contributed by atoms with Crippen LogP contribution in [0.15, 0.2) is 112 Å². The molecule has 0 bridgehead atoms. The van der Waals surface area contributed by atoms with Gasteiger partial charge in [0.1, 0.15) is 22.3 Å². The van der Waals surface area contributed by atoms with Crippen LogP contribution in [0.4, 0.5) is 11.4 Å². The summed E-state index contributed by atoms with van der Waals surface area (Å²) in [6, 6.07) is 25.4. The van der Waals surface area contributed by atoms with Crippen LogP contribution in [0.5, 0.6) is 5.75 Å². The van der Waals surface area contributed by atoms with Crippen molar-refractivity contribution in [3.8, 4) is 11.8 Å². The van der Waals surface area contributed by atoms with Gasteiger partial charge in [0, 0.05) is 16.4 Å². The zero-order chi connectivity index (χ0) is 29.6. The van der Waals surface area contributed by atoms with E-state index < -0.39 is 26.0 Å². The van der Waals surface area contributed by atoms with Gasteiger partial charge in [0.2, 0.25) is 0 Å². The monoisotopic (exact) mass is 607 g/mol. The minimum absolute atomic E-state index is 0.0162. The van der Waals surface area contributed by atoms with Gasteiger partial charge in [0.15, 0.2) is 0 Å². The van der Waals surface area contributed by atoms with E-state index in [1.165, 1.54) is 72.8 Å². The Labute approximate surface area is 242 Å². The number of carbonyl (C=O) groups excluding carboxylic acids is 1. The molecule has 9 nitrogen and oxygen atoms in total. The van der Waals surface area contributed by atoms with Crippen LogP contribution in [0.25, 0.3) is 6.08 Å². The molecular formula is C29H22ClN3O6S2. The highest BCUT2D eigenvalue weighted by Crippen LogP contribution is 2.23. The lowest BCUT2D eigenvalue weighted by Gasteiger charge is -2.10. The number of aryl methyl sites for hydroxylation is 1. The Bertz CT molecular complexity index is 1860. The van der Waals surface area contributed by atoms with Crippen molar-refractivity contribution >= 4 is 55.1 Å². The highest BCUT2D eigenvalue weighted by Gasteiger charge is 2.18. The number of hydrogen-bond donors (Lipinski definition) is 2. The van der Waals surface area contributed by atoms with Crippen molar-refractivity contribution in [1.82, 2.24) is 0 Å². The molecule has 0 saturated carbocycles. The van der Waals surface area contributed by atoms with E-state index in [4.69, 9.17) is 15.8 Å². The number of nitrogens with one attached hydrogen (secondary N) is 2. The van der Waals surface area contributed by atoms with E-state index in [2.05, 4.69) is 10.0 Å². The van der Waals surface area contributed by atoms with Gasteiger partial charge >= 0.3 is 10.1 Å². The summed E-state index contributed by atoms with van der Waals surface area (Å²) in [5.41, 5.74) is 1.72. The largest absolute Gasteiger partial charge is 0.379 e. The topological polar surface area (TPSA) is 142 Å². The zero-order valence-corrected chi connectivity index (χ0v) is 23.8. The Morgan fingerprint density at radius 2 is 1.46 bits per heavy atom. The van der Waals surface area contributed by atoms with E-state index in [0.29, 0.717) is 16.3 Å². The first-order chi connectivity index (χ1) is 19.4. The molecule has 0 spiro atoms. The standard InChI is InChI=1S/C29H22ClN3O6S2/c1-20-5-9-25(10-6-20)33-40(35,36)27-15-11-24(12-16-27)32-29(34)22(19-31)17-21-3-2-4-26(18-21)39-41(37,38)28-13-7-23(30)8-14-28/h2-18,33H,1H3,(H,32,34)/b22-17+. The minimum atomic E-state index is -4.14. The molecule has 4 aromatic carbocycles. The number of carbonyl (C=O) groups is 1. The van der Waals surface area contributed by atoms with Crippen molar-refractivity contribution in [2.45, 2.75) is 16.7 Å². The summed E-state index contributed by atoms with van der Waals surface area (Å²) in [5, 5.41) is 12.5. The molecule has 1 amide bonds. The molecule has 12 heteroatoms. The molecule has 41 heavy (non-hydrogen) atoms. The highest BCUT2D eigenvalue weighted by atomic mass is 35.5. The maximum atomic E-state index is 12.8. The molecule has 0 heterocycles. The molecule has 2 N–H and O–H groups in total. The molecule has 0 aliphatic carbocycles. The number of rotatable bonds is 9. The summed E-state index contributed by atoms with van der Waals surface area (Å²) < 4.78 is 58.2. The van der Waals surface area contributed by atoms with Gasteiger partial charge in [-0.2, -0.15) is 13.7 Å². The molecular weight excluding hydrogens is 586 g/mol. The average molecular weight is 608 g/mol. The first-order valence-electron chi connectivity index (χ1n) is 11.9. The van der Waals surface area contributed by atoms with Crippen molar-refractivity contribution in [1.29, 1.82) is 5.26 Å². The van der Waals surface area contributed by atoms with E-state index in [1.54, 1.807) is 30.3 Å². The van der Waals surface area contributed by atoms with Crippen LogP contribution in [0.1, 0.15) is 11.1 Å². The van der Waals surface area contributed by atoms with E-state index >= 15 is 0 Å². The third-order valence-electron chi connectivity index (χ3n) is 5.57. The number of anilines is 2. The normalized spacial score (nSPS) is 11.8. The lowest BCUT2D eigenvalue weighted by atomic mass is 10.1. The molecule has 208 valence electrons. The predicted octanol–water partition coefficient (Wildman–Crippen LogP) is 5.76. The Kier molecular flexibility index (Phi) is 8.78. The SMILES string of the molecule is Cc1ccc(NS(=O)(=O)c2ccc(NC(=O)/C(C#N)=C/c3cccc(OS(=O)(=O)c4ccc(Cl)cc4)c3)cc2)cc1. The summed E-state index contributed by atoms with van der Waals surface area (Å²) in [7, 11) is -8.00. The van der Waals surface area contributed by atoms with Gasteiger partial charge in [-0.25, -0.2) is 8.42 Å². The molecule has 0 radical (unpaired) electrons. The number of nitrogens with zero attached hydrogens (tertiary/aromatic N) is 1. The minimum Gasteiger partial charge on any atom is -0.379 e. The number of amides is 1. The number of benzene rings is 4. The smallest absolute Gasteiger partial charge is 0.339 e. The average Bonchev–Trinajstić information content (AvgIpc) is 2.93. The lowest BCUT2D eigenvalue weighted by Crippen LogP contribution is -2.15. The maximum absolute atomic E-state index is 12.8. The molecule has 0 aliphatic rings. The zero-order valence-electron chi connectivity index (χ0n) is 21.4. The van der Waals surface area contributed by atoms with Gasteiger partial charge in [0.05, 0.1) is 4.90 Å².